The van der Waals surface area contributed by atoms with Gasteiger partial charge >= 0.3 is 0 Å². The van der Waals surface area contributed by atoms with E-state index >= 15 is 0 Å². The van der Waals surface area contributed by atoms with E-state index in [1.807, 2.05) is 15.5 Å². The van der Waals surface area contributed by atoms with E-state index in [1.54, 1.807) is 36.4 Å². The first kappa shape index (κ1) is 21.2. The molecule has 4 rings (SSSR count). The van der Waals surface area contributed by atoms with Crippen LogP contribution in [-0.4, -0.2) is 38.4 Å². The topological polar surface area (TPSA) is 54.3 Å². The fourth-order valence-electron chi connectivity index (χ4n) is 4.33. The second-order valence-electron chi connectivity index (χ2n) is 7.58. The summed E-state index contributed by atoms with van der Waals surface area (Å²) < 4.78 is 1.03. The van der Waals surface area contributed by atoms with Gasteiger partial charge < -0.3 is 9.88 Å². The molecule has 0 aliphatic carbocycles. The molecule has 1 aromatic carbocycles. The Labute approximate surface area is 192 Å². The molecule has 1 amide bonds. The summed E-state index contributed by atoms with van der Waals surface area (Å²) in [5.74, 6) is 0.0952. The van der Waals surface area contributed by atoms with Gasteiger partial charge in [-0.2, -0.15) is 0 Å². The van der Waals surface area contributed by atoms with Gasteiger partial charge in [-0.3, -0.25) is 14.5 Å². The third kappa shape index (κ3) is 4.52. The van der Waals surface area contributed by atoms with Gasteiger partial charge in [-0.05, 0) is 42.7 Å². The number of pyridine rings is 1. The van der Waals surface area contributed by atoms with Gasteiger partial charge in [0.2, 0.25) is 3.79 Å². The number of alkyl halides is 3. The van der Waals surface area contributed by atoms with Crippen LogP contribution < -0.4 is 10.9 Å². The molecule has 3 heterocycles. The molecule has 9 heteroatoms. The Morgan fingerprint density at radius 1 is 1.10 bits per heavy atom. The van der Waals surface area contributed by atoms with E-state index in [2.05, 4.69) is 21.2 Å². The zero-order valence-electron chi connectivity index (χ0n) is 15.3. The molecule has 2 aliphatic rings. The highest BCUT2D eigenvalue weighted by atomic mass is 79.9. The maximum absolute atomic E-state index is 12.8. The van der Waals surface area contributed by atoms with Crippen molar-refractivity contribution in [3.8, 4) is 0 Å². The molecule has 154 valence electrons. The van der Waals surface area contributed by atoms with Crippen molar-refractivity contribution in [2.75, 3.05) is 13.1 Å². The van der Waals surface area contributed by atoms with Crippen LogP contribution in [0, 0.1) is 5.92 Å². The van der Waals surface area contributed by atoms with Gasteiger partial charge in [0.05, 0.1) is 0 Å². The summed E-state index contributed by atoms with van der Waals surface area (Å²) in [6.45, 7) is 1.87. The molecule has 1 saturated heterocycles. The lowest BCUT2D eigenvalue weighted by molar-refractivity contribution is 0.0586. The fraction of sp³-hybridized carbons (Fsp3) is 0.400. The van der Waals surface area contributed by atoms with E-state index < -0.39 is 9.96 Å². The maximum Gasteiger partial charge on any atom is 0.252 e. The van der Waals surface area contributed by atoms with Crippen LogP contribution >= 0.6 is 50.7 Å². The Morgan fingerprint density at radius 3 is 2.52 bits per heavy atom. The molecule has 2 aliphatic heterocycles. The van der Waals surface area contributed by atoms with Crippen molar-refractivity contribution in [1.82, 2.24) is 14.8 Å². The fourth-order valence-corrected chi connectivity index (χ4v) is 5.18. The summed E-state index contributed by atoms with van der Waals surface area (Å²) in [6.07, 6.45) is 0.198. The quantitative estimate of drug-likeness (QED) is 0.620. The Balaban J connectivity index is 1.58. The van der Waals surface area contributed by atoms with Crippen LogP contribution in [0.15, 0.2) is 51.7 Å². The number of hydrogen-bond donors (Lipinski definition) is 1. The van der Waals surface area contributed by atoms with Crippen molar-refractivity contribution in [3.05, 3.63) is 68.5 Å². The van der Waals surface area contributed by atoms with Crippen LogP contribution in [0.3, 0.4) is 0 Å². The summed E-state index contributed by atoms with van der Waals surface area (Å²) in [5, 5.41) is 2.89. The van der Waals surface area contributed by atoms with Gasteiger partial charge in [0, 0.05) is 47.3 Å². The third-order valence-electron chi connectivity index (χ3n) is 5.56. The van der Waals surface area contributed by atoms with E-state index in [4.69, 9.17) is 34.8 Å². The third-order valence-corrected chi connectivity index (χ3v) is 6.71. The van der Waals surface area contributed by atoms with Gasteiger partial charge in [-0.1, -0.05) is 56.8 Å². The molecule has 1 fully saturated rings. The largest absolute Gasteiger partial charge is 0.332 e. The van der Waals surface area contributed by atoms with Crippen LogP contribution in [-0.2, 0) is 6.54 Å². The SMILES string of the molecule is O=C(NC(N1CC2CC(C1)c1cccc(=O)n1C2)C(Cl)(Cl)Cl)c1ccc(Br)cc1. The van der Waals surface area contributed by atoms with Crippen molar-refractivity contribution in [3.63, 3.8) is 0 Å². The highest BCUT2D eigenvalue weighted by Gasteiger charge is 2.44. The second-order valence-corrected chi connectivity index (χ2v) is 10.9. The number of hydrogen-bond acceptors (Lipinski definition) is 3. The van der Waals surface area contributed by atoms with E-state index in [0.29, 0.717) is 25.2 Å². The van der Waals surface area contributed by atoms with E-state index in [0.717, 1.165) is 16.6 Å². The number of halogens is 4. The minimum atomic E-state index is -1.70. The number of carbonyl (C=O) groups excluding carboxylic acids is 1. The first-order valence-corrected chi connectivity index (χ1v) is 11.2. The highest BCUT2D eigenvalue weighted by Crippen LogP contribution is 2.40. The Morgan fingerprint density at radius 2 is 1.83 bits per heavy atom. The van der Waals surface area contributed by atoms with Gasteiger partial charge in [0.25, 0.3) is 11.5 Å². The van der Waals surface area contributed by atoms with Crippen LogP contribution in [0.5, 0.6) is 0 Å². The van der Waals surface area contributed by atoms with Gasteiger partial charge in [0.15, 0.2) is 0 Å². The average molecular weight is 520 g/mol. The molecule has 2 aromatic rings. The van der Waals surface area contributed by atoms with E-state index in [-0.39, 0.29) is 23.3 Å². The number of carbonyl (C=O) groups is 1. The molecule has 5 nitrogen and oxygen atoms in total. The summed E-state index contributed by atoms with van der Waals surface area (Å²) in [6, 6.07) is 12.4. The molecule has 1 aromatic heterocycles. The Kier molecular flexibility index (Phi) is 6.02. The molecular formula is C20H19BrCl3N3O2. The number of fused-ring (bicyclic) bond motifs is 4. The minimum Gasteiger partial charge on any atom is -0.332 e. The number of amides is 1. The zero-order chi connectivity index (χ0) is 20.8. The van der Waals surface area contributed by atoms with Crippen molar-refractivity contribution in [2.45, 2.75) is 28.8 Å². The monoisotopic (exact) mass is 517 g/mol. The molecule has 0 saturated carbocycles. The van der Waals surface area contributed by atoms with Crippen LogP contribution in [0.1, 0.15) is 28.4 Å². The lowest BCUT2D eigenvalue weighted by Crippen LogP contribution is -2.60. The normalized spacial score (nSPS) is 22.6. The number of nitrogens with zero attached hydrogens (tertiary/aromatic N) is 2. The minimum absolute atomic E-state index is 0.0205. The summed E-state index contributed by atoms with van der Waals surface area (Å²) in [5.41, 5.74) is 1.51. The van der Waals surface area contributed by atoms with Gasteiger partial charge in [-0.25, -0.2) is 0 Å². The molecule has 3 atom stereocenters. The standard InChI is InChI=1S/C20H19BrCl3N3O2/c21-15-6-4-13(5-7-15)18(29)25-19(20(22,23)24)26-9-12-8-14(11-26)16-2-1-3-17(28)27(16)10-12/h1-7,12,14,19H,8-11H2,(H,25,29). The van der Waals surface area contributed by atoms with E-state index in [9.17, 15) is 9.59 Å². The first-order valence-electron chi connectivity index (χ1n) is 9.29. The molecule has 29 heavy (non-hydrogen) atoms. The Bertz CT molecular complexity index is 974. The summed E-state index contributed by atoms with van der Waals surface area (Å²) >= 11 is 22.2. The summed E-state index contributed by atoms with van der Waals surface area (Å²) in [4.78, 5) is 27.0. The molecule has 1 N–H and O–H groups in total. The number of aromatic nitrogens is 1. The Hall–Kier alpha value is -1.05. The van der Waals surface area contributed by atoms with Crippen LogP contribution in [0.2, 0.25) is 0 Å². The maximum atomic E-state index is 12.8. The predicted octanol–water partition coefficient (Wildman–Crippen LogP) is 4.16. The molecule has 0 radical (unpaired) electrons. The first-order chi connectivity index (χ1) is 13.7. The molecule has 0 spiro atoms. The van der Waals surface area contributed by atoms with Gasteiger partial charge in [-0.15, -0.1) is 0 Å². The van der Waals surface area contributed by atoms with Crippen molar-refractivity contribution in [1.29, 1.82) is 0 Å². The number of rotatable bonds is 3. The number of likely N-dealkylation sites (tertiary alicyclic amines) is 1. The van der Waals surface area contributed by atoms with Gasteiger partial charge in [0.1, 0.15) is 6.17 Å². The number of benzene rings is 1. The average Bonchev–Trinajstić information content (AvgIpc) is 2.66. The predicted molar refractivity (Wildman–Crippen MR) is 119 cm³/mol. The van der Waals surface area contributed by atoms with Crippen molar-refractivity contribution < 1.29 is 4.79 Å². The number of nitrogens with one attached hydrogen (secondary N) is 1. The lowest BCUT2D eigenvalue weighted by atomic mass is 9.83. The van der Waals surface area contributed by atoms with Crippen LogP contribution in [0.4, 0.5) is 0 Å². The zero-order valence-corrected chi connectivity index (χ0v) is 19.2. The molecule has 3 unspecified atom stereocenters. The van der Waals surface area contributed by atoms with Crippen molar-refractivity contribution >= 4 is 56.6 Å². The smallest absolute Gasteiger partial charge is 0.252 e. The number of piperidine rings is 1. The lowest BCUT2D eigenvalue weighted by Gasteiger charge is -2.47. The molecule has 2 bridgehead atoms. The highest BCUT2D eigenvalue weighted by molar-refractivity contribution is 9.10. The second kappa shape index (κ2) is 8.23. The van der Waals surface area contributed by atoms with E-state index in [1.165, 1.54) is 0 Å². The molecular weight excluding hydrogens is 501 g/mol. The van der Waals surface area contributed by atoms with Crippen molar-refractivity contribution in [2.24, 2.45) is 5.92 Å². The van der Waals surface area contributed by atoms with Crippen LogP contribution in [0.25, 0.3) is 0 Å². The summed E-state index contributed by atoms with van der Waals surface area (Å²) in [7, 11) is 0.